The molecule has 0 aliphatic carbocycles. The normalized spacial score (nSPS) is 12.8. The summed E-state index contributed by atoms with van der Waals surface area (Å²) in [4.78, 5) is 22.4. The SMILES string of the molecule is C[C@H](Oc1ccccc1)C(=O)O[C@H](C)c1nnc(-c2ccc([N+](=O)[O-])cc2)o1. The number of rotatable bonds is 7. The maximum absolute atomic E-state index is 12.2. The van der Waals surface area contributed by atoms with Crippen molar-refractivity contribution in [2.45, 2.75) is 26.1 Å². The van der Waals surface area contributed by atoms with Gasteiger partial charge in [-0.15, -0.1) is 10.2 Å². The molecule has 0 unspecified atom stereocenters. The van der Waals surface area contributed by atoms with E-state index in [1.54, 1.807) is 38.1 Å². The van der Waals surface area contributed by atoms with Gasteiger partial charge in [-0.1, -0.05) is 18.2 Å². The fraction of sp³-hybridized carbons (Fsp3) is 0.211. The molecular formula is C19H17N3O6. The van der Waals surface area contributed by atoms with Crippen molar-refractivity contribution in [1.82, 2.24) is 10.2 Å². The fourth-order valence-corrected chi connectivity index (χ4v) is 2.31. The number of carbonyl (C=O) groups is 1. The van der Waals surface area contributed by atoms with E-state index >= 15 is 0 Å². The van der Waals surface area contributed by atoms with Crippen LogP contribution in [0.1, 0.15) is 25.8 Å². The number of benzene rings is 2. The van der Waals surface area contributed by atoms with Crippen LogP contribution >= 0.6 is 0 Å². The lowest BCUT2D eigenvalue weighted by Crippen LogP contribution is -2.27. The first kappa shape index (κ1) is 19.0. The lowest BCUT2D eigenvalue weighted by atomic mass is 10.2. The summed E-state index contributed by atoms with van der Waals surface area (Å²) in [5.41, 5.74) is 0.474. The van der Waals surface area contributed by atoms with Crippen LogP contribution in [0, 0.1) is 10.1 Å². The number of nitrogens with zero attached hydrogens (tertiary/aromatic N) is 3. The van der Waals surface area contributed by atoms with Gasteiger partial charge in [0.15, 0.2) is 12.2 Å². The van der Waals surface area contributed by atoms with Gasteiger partial charge < -0.3 is 13.9 Å². The van der Waals surface area contributed by atoms with E-state index in [0.717, 1.165) is 0 Å². The van der Waals surface area contributed by atoms with Gasteiger partial charge in [0.2, 0.25) is 5.89 Å². The molecule has 0 bridgehead atoms. The van der Waals surface area contributed by atoms with E-state index in [-0.39, 0.29) is 17.5 Å². The highest BCUT2D eigenvalue weighted by molar-refractivity contribution is 5.74. The number of nitro benzene ring substituents is 1. The van der Waals surface area contributed by atoms with E-state index in [0.29, 0.717) is 11.3 Å². The van der Waals surface area contributed by atoms with Crippen LogP contribution in [0.5, 0.6) is 5.75 Å². The van der Waals surface area contributed by atoms with Crippen molar-refractivity contribution in [2.24, 2.45) is 0 Å². The molecule has 2 aromatic carbocycles. The molecule has 9 heteroatoms. The first-order valence-corrected chi connectivity index (χ1v) is 8.44. The summed E-state index contributed by atoms with van der Waals surface area (Å²) >= 11 is 0. The minimum atomic E-state index is -0.818. The molecule has 0 radical (unpaired) electrons. The van der Waals surface area contributed by atoms with Gasteiger partial charge in [-0.2, -0.15) is 0 Å². The Morgan fingerprint density at radius 2 is 1.75 bits per heavy atom. The second kappa shape index (κ2) is 8.30. The molecule has 9 nitrogen and oxygen atoms in total. The summed E-state index contributed by atoms with van der Waals surface area (Å²) in [6.07, 6.45) is -1.60. The van der Waals surface area contributed by atoms with Gasteiger partial charge in [0.1, 0.15) is 5.75 Å². The fourth-order valence-electron chi connectivity index (χ4n) is 2.31. The third kappa shape index (κ3) is 4.50. The van der Waals surface area contributed by atoms with Crippen molar-refractivity contribution in [3.63, 3.8) is 0 Å². The summed E-state index contributed by atoms with van der Waals surface area (Å²) in [5, 5.41) is 18.5. The average molecular weight is 383 g/mol. The van der Waals surface area contributed by atoms with Gasteiger partial charge in [-0.3, -0.25) is 10.1 Å². The molecule has 1 heterocycles. The van der Waals surface area contributed by atoms with Crippen molar-refractivity contribution < 1.29 is 23.6 Å². The van der Waals surface area contributed by atoms with Crippen LogP contribution in [-0.4, -0.2) is 27.2 Å². The minimum Gasteiger partial charge on any atom is -0.479 e. The molecule has 0 saturated carbocycles. The van der Waals surface area contributed by atoms with Crippen molar-refractivity contribution in [1.29, 1.82) is 0 Å². The predicted molar refractivity (Wildman–Crippen MR) is 97.4 cm³/mol. The molecule has 28 heavy (non-hydrogen) atoms. The molecule has 0 fully saturated rings. The molecule has 0 saturated heterocycles. The van der Waals surface area contributed by atoms with Crippen LogP contribution in [-0.2, 0) is 9.53 Å². The highest BCUT2D eigenvalue weighted by Gasteiger charge is 2.23. The Morgan fingerprint density at radius 1 is 1.07 bits per heavy atom. The van der Waals surface area contributed by atoms with Crippen LogP contribution in [0.25, 0.3) is 11.5 Å². The quantitative estimate of drug-likeness (QED) is 0.344. The van der Waals surface area contributed by atoms with Crippen LogP contribution in [0.2, 0.25) is 0 Å². The van der Waals surface area contributed by atoms with E-state index in [1.165, 1.54) is 24.3 Å². The summed E-state index contributed by atoms with van der Waals surface area (Å²) in [7, 11) is 0. The van der Waals surface area contributed by atoms with Crippen molar-refractivity contribution >= 4 is 11.7 Å². The zero-order valence-corrected chi connectivity index (χ0v) is 15.1. The van der Waals surface area contributed by atoms with E-state index in [1.807, 2.05) is 6.07 Å². The molecule has 0 spiro atoms. The highest BCUT2D eigenvalue weighted by Crippen LogP contribution is 2.24. The maximum Gasteiger partial charge on any atom is 0.347 e. The topological polar surface area (TPSA) is 118 Å². The van der Waals surface area contributed by atoms with Gasteiger partial charge in [0, 0.05) is 17.7 Å². The number of esters is 1. The molecule has 0 amide bonds. The van der Waals surface area contributed by atoms with Crippen LogP contribution in [0.4, 0.5) is 5.69 Å². The number of para-hydroxylation sites is 1. The first-order chi connectivity index (χ1) is 13.4. The van der Waals surface area contributed by atoms with Gasteiger partial charge in [-0.05, 0) is 38.1 Å². The lowest BCUT2D eigenvalue weighted by molar-refractivity contribution is -0.384. The monoisotopic (exact) mass is 383 g/mol. The van der Waals surface area contributed by atoms with Crippen LogP contribution in [0.15, 0.2) is 59.0 Å². The Hall–Kier alpha value is -3.75. The number of nitro groups is 1. The van der Waals surface area contributed by atoms with Gasteiger partial charge >= 0.3 is 5.97 Å². The third-order valence-electron chi connectivity index (χ3n) is 3.79. The number of hydrogen-bond donors (Lipinski definition) is 0. The number of hydrogen-bond acceptors (Lipinski definition) is 8. The molecule has 0 aliphatic rings. The molecule has 3 rings (SSSR count). The Balaban J connectivity index is 1.62. The predicted octanol–water partition coefficient (Wildman–Crippen LogP) is 3.72. The largest absolute Gasteiger partial charge is 0.479 e. The zero-order valence-electron chi connectivity index (χ0n) is 15.1. The van der Waals surface area contributed by atoms with Crippen molar-refractivity contribution in [3.05, 3.63) is 70.6 Å². The van der Waals surface area contributed by atoms with Crippen LogP contribution < -0.4 is 4.74 Å². The Labute approximate surface area is 160 Å². The summed E-state index contributed by atoms with van der Waals surface area (Å²) in [6.45, 7) is 3.18. The zero-order chi connectivity index (χ0) is 20.1. The lowest BCUT2D eigenvalue weighted by Gasteiger charge is -2.16. The van der Waals surface area contributed by atoms with E-state index < -0.39 is 23.1 Å². The Kier molecular flexibility index (Phi) is 5.64. The van der Waals surface area contributed by atoms with Gasteiger partial charge in [-0.25, -0.2) is 4.79 Å². The standard InChI is InChI=1S/C19H17N3O6/c1-12(27-19(23)13(2)26-16-6-4-3-5-7-16)17-20-21-18(28-17)14-8-10-15(11-9-14)22(24)25/h3-13H,1-2H3/t12-,13+/m1/s1. The van der Waals surface area contributed by atoms with E-state index in [9.17, 15) is 14.9 Å². The summed E-state index contributed by atoms with van der Waals surface area (Å²) in [5.74, 6) is 0.249. The van der Waals surface area contributed by atoms with Crippen molar-refractivity contribution in [2.75, 3.05) is 0 Å². The average Bonchev–Trinajstić information content (AvgIpc) is 3.19. The Morgan fingerprint density at radius 3 is 2.39 bits per heavy atom. The minimum absolute atomic E-state index is 0.0433. The third-order valence-corrected chi connectivity index (χ3v) is 3.79. The molecule has 1 aromatic heterocycles. The second-order valence-electron chi connectivity index (χ2n) is 5.90. The van der Waals surface area contributed by atoms with Gasteiger partial charge in [0.25, 0.3) is 11.6 Å². The molecule has 0 N–H and O–H groups in total. The number of non-ortho nitro benzene ring substituents is 1. The smallest absolute Gasteiger partial charge is 0.347 e. The summed E-state index contributed by atoms with van der Waals surface area (Å²) < 4.78 is 16.4. The first-order valence-electron chi connectivity index (χ1n) is 8.44. The highest BCUT2D eigenvalue weighted by atomic mass is 16.6. The van der Waals surface area contributed by atoms with E-state index in [2.05, 4.69) is 10.2 Å². The summed E-state index contributed by atoms with van der Waals surface area (Å²) in [6, 6.07) is 14.6. The molecule has 2 atom stereocenters. The van der Waals surface area contributed by atoms with E-state index in [4.69, 9.17) is 13.9 Å². The molecule has 0 aliphatic heterocycles. The molecular weight excluding hydrogens is 366 g/mol. The molecule has 3 aromatic rings. The number of ether oxygens (including phenoxy) is 2. The number of carbonyl (C=O) groups excluding carboxylic acids is 1. The van der Waals surface area contributed by atoms with Gasteiger partial charge in [0.05, 0.1) is 4.92 Å². The van der Waals surface area contributed by atoms with Crippen molar-refractivity contribution in [3.8, 4) is 17.2 Å². The number of aromatic nitrogens is 2. The van der Waals surface area contributed by atoms with Crippen LogP contribution in [0.3, 0.4) is 0 Å². The molecule has 144 valence electrons. The second-order valence-corrected chi connectivity index (χ2v) is 5.90. The maximum atomic E-state index is 12.2. The Bertz CT molecular complexity index is 955.